The fourth-order valence-electron chi connectivity index (χ4n) is 2.01. The third-order valence-corrected chi connectivity index (χ3v) is 3.12. The fourth-order valence-corrected chi connectivity index (χ4v) is 2.01. The molecule has 2 rings (SSSR count). The molecule has 0 radical (unpaired) electrons. The van der Waals surface area contributed by atoms with Crippen molar-refractivity contribution in [2.45, 2.75) is 13.5 Å². The van der Waals surface area contributed by atoms with Gasteiger partial charge in [0, 0.05) is 20.6 Å². The third kappa shape index (κ3) is 2.83. The van der Waals surface area contributed by atoms with Gasteiger partial charge in [-0.3, -0.25) is 0 Å². The van der Waals surface area contributed by atoms with Crippen molar-refractivity contribution in [1.29, 1.82) is 0 Å². The molecule has 0 bridgehead atoms. The molecule has 1 N–H and O–H groups in total. The van der Waals surface area contributed by atoms with Gasteiger partial charge in [0.1, 0.15) is 0 Å². The van der Waals surface area contributed by atoms with Crippen LogP contribution in [0.1, 0.15) is 11.1 Å². The van der Waals surface area contributed by atoms with Crippen LogP contribution in [0.3, 0.4) is 0 Å². The van der Waals surface area contributed by atoms with Crippen LogP contribution in [0.4, 0.5) is 11.4 Å². The van der Waals surface area contributed by atoms with Gasteiger partial charge in [-0.2, -0.15) is 0 Å². The Morgan fingerprint density at radius 2 is 1.61 bits per heavy atom. The van der Waals surface area contributed by atoms with Crippen molar-refractivity contribution in [2.75, 3.05) is 24.3 Å². The molecule has 0 aliphatic heterocycles. The normalized spacial score (nSPS) is 10.2. The lowest BCUT2D eigenvalue weighted by Crippen LogP contribution is -2.12. The Bertz CT molecular complexity index is 518. The van der Waals surface area contributed by atoms with Crippen molar-refractivity contribution in [1.82, 2.24) is 0 Å². The molecule has 2 aromatic carbocycles. The van der Waals surface area contributed by atoms with Gasteiger partial charge in [0.15, 0.2) is 0 Å². The fraction of sp³-hybridized carbons (Fsp3) is 0.250. The van der Waals surface area contributed by atoms with E-state index in [-0.39, 0.29) is 0 Å². The molecule has 2 nitrogen and oxygen atoms in total. The van der Waals surface area contributed by atoms with Crippen LogP contribution in [0.15, 0.2) is 48.5 Å². The topological polar surface area (TPSA) is 15.3 Å². The highest BCUT2D eigenvalue weighted by atomic mass is 15.1. The molecule has 0 aliphatic rings. The number of hydrogen-bond acceptors (Lipinski definition) is 2. The van der Waals surface area contributed by atoms with Gasteiger partial charge >= 0.3 is 0 Å². The number of nitrogens with zero attached hydrogens (tertiary/aromatic N) is 1. The monoisotopic (exact) mass is 240 g/mol. The molecule has 18 heavy (non-hydrogen) atoms. The first-order chi connectivity index (χ1) is 8.68. The standard InChI is InChI=1S/C16H20N2/c1-13-8-4-5-9-14(13)12-17-15-10-6-7-11-16(15)18(2)3/h4-11,17H,12H2,1-3H3. The van der Waals surface area contributed by atoms with E-state index in [1.54, 1.807) is 0 Å². The van der Waals surface area contributed by atoms with E-state index < -0.39 is 0 Å². The van der Waals surface area contributed by atoms with Gasteiger partial charge in [0.2, 0.25) is 0 Å². The third-order valence-electron chi connectivity index (χ3n) is 3.12. The maximum absolute atomic E-state index is 3.51. The van der Waals surface area contributed by atoms with Crippen molar-refractivity contribution in [3.05, 3.63) is 59.7 Å². The summed E-state index contributed by atoms with van der Waals surface area (Å²) in [5.41, 5.74) is 5.05. The summed E-state index contributed by atoms with van der Waals surface area (Å²) in [6, 6.07) is 16.8. The molecular formula is C16H20N2. The van der Waals surface area contributed by atoms with E-state index in [1.807, 2.05) is 0 Å². The van der Waals surface area contributed by atoms with E-state index in [4.69, 9.17) is 0 Å². The number of benzene rings is 2. The van der Waals surface area contributed by atoms with Crippen LogP contribution in [0.25, 0.3) is 0 Å². The molecule has 2 aromatic rings. The van der Waals surface area contributed by atoms with Gasteiger partial charge in [0.05, 0.1) is 11.4 Å². The van der Waals surface area contributed by atoms with Gasteiger partial charge in [-0.1, -0.05) is 36.4 Å². The van der Waals surface area contributed by atoms with E-state index in [9.17, 15) is 0 Å². The van der Waals surface area contributed by atoms with E-state index in [0.29, 0.717) is 0 Å². The molecule has 0 amide bonds. The number of para-hydroxylation sites is 2. The van der Waals surface area contributed by atoms with Crippen LogP contribution in [0.2, 0.25) is 0 Å². The summed E-state index contributed by atoms with van der Waals surface area (Å²) in [6.07, 6.45) is 0. The number of hydrogen-bond donors (Lipinski definition) is 1. The number of rotatable bonds is 4. The predicted molar refractivity (Wildman–Crippen MR) is 79.3 cm³/mol. The second-order valence-corrected chi connectivity index (χ2v) is 4.69. The van der Waals surface area contributed by atoms with Crippen LogP contribution in [-0.4, -0.2) is 14.1 Å². The van der Waals surface area contributed by atoms with Crippen molar-refractivity contribution in [3.63, 3.8) is 0 Å². The van der Waals surface area contributed by atoms with Crippen LogP contribution >= 0.6 is 0 Å². The molecule has 0 aromatic heterocycles. The van der Waals surface area contributed by atoms with E-state index in [2.05, 4.69) is 79.8 Å². The smallest absolute Gasteiger partial charge is 0.0596 e. The Morgan fingerprint density at radius 1 is 0.944 bits per heavy atom. The van der Waals surface area contributed by atoms with Gasteiger partial charge in [-0.05, 0) is 30.2 Å². The van der Waals surface area contributed by atoms with Crippen molar-refractivity contribution >= 4 is 11.4 Å². The maximum Gasteiger partial charge on any atom is 0.0596 e. The first kappa shape index (κ1) is 12.5. The molecule has 0 saturated heterocycles. The van der Waals surface area contributed by atoms with E-state index in [0.717, 1.165) is 6.54 Å². The van der Waals surface area contributed by atoms with Crippen LogP contribution in [0.5, 0.6) is 0 Å². The summed E-state index contributed by atoms with van der Waals surface area (Å²) >= 11 is 0. The van der Waals surface area contributed by atoms with Crippen LogP contribution in [0, 0.1) is 6.92 Å². The first-order valence-corrected chi connectivity index (χ1v) is 6.23. The average Bonchev–Trinajstić information content (AvgIpc) is 2.38. The lowest BCUT2D eigenvalue weighted by Gasteiger charge is -2.18. The van der Waals surface area contributed by atoms with Crippen LogP contribution < -0.4 is 10.2 Å². The molecule has 0 fully saturated rings. The SMILES string of the molecule is Cc1ccccc1CNc1ccccc1N(C)C. The minimum atomic E-state index is 0.859. The van der Waals surface area contributed by atoms with Gasteiger partial charge in [0.25, 0.3) is 0 Å². The predicted octanol–water partition coefficient (Wildman–Crippen LogP) is 3.67. The first-order valence-electron chi connectivity index (χ1n) is 6.23. The second-order valence-electron chi connectivity index (χ2n) is 4.69. The Labute approximate surface area is 109 Å². The Balaban J connectivity index is 2.14. The summed E-state index contributed by atoms with van der Waals surface area (Å²) in [4.78, 5) is 2.13. The summed E-state index contributed by atoms with van der Waals surface area (Å²) < 4.78 is 0. The highest BCUT2D eigenvalue weighted by molar-refractivity contribution is 5.69. The lowest BCUT2D eigenvalue weighted by atomic mass is 10.1. The second kappa shape index (κ2) is 5.58. The van der Waals surface area contributed by atoms with Gasteiger partial charge < -0.3 is 10.2 Å². The quantitative estimate of drug-likeness (QED) is 0.877. The number of nitrogens with one attached hydrogen (secondary N) is 1. The maximum atomic E-state index is 3.51. The van der Waals surface area contributed by atoms with E-state index >= 15 is 0 Å². The minimum absolute atomic E-state index is 0.859. The van der Waals surface area contributed by atoms with Gasteiger partial charge in [-0.25, -0.2) is 0 Å². The Kier molecular flexibility index (Phi) is 3.88. The molecule has 0 spiro atoms. The largest absolute Gasteiger partial charge is 0.379 e. The summed E-state index contributed by atoms with van der Waals surface area (Å²) in [5.74, 6) is 0. The molecule has 94 valence electrons. The molecule has 2 heteroatoms. The Morgan fingerprint density at radius 3 is 2.33 bits per heavy atom. The molecule has 0 unspecified atom stereocenters. The van der Waals surface area contributed by atoms with Gasteiger partial charge in [-0.15, -0.1) is 0 Å². The van der Waals surface area contributed by atoms with Crippen molar-refractivity contribution in [2.24, 2.45) is 0 Å². The zero-order valence-corrected chi connectivity index (χ0v) is 11.3. The summed E-state index contributed by atoms with van der Waals surface area (Å²) in [5, 5.41) is 3.51. The number of anilines is 2. The van der Waals surface area contributed by atoms with Crippen LogP contribution in [-0.2, 0) is 6.54 Å². The zero-order chi connectivity index (χ0) is 13.0. The lowest BCUT2D eigenvalue weighted by molar-refractivity contribution is 1.09. The summed E-state index contributed by atoms with van der Waals surface area (Å²) in [6.45, 7) is 3.01. The molecule has 0 atom stereocenters. The highest BCUT2D eigenvalue weighted by Crippen LogP contribution is 2.24. The van der Waals surface area contributed by atoms with Crippen molar-refractivity contribution in [3.8, 4) is 0 Å². The number of aryl methyl sites for hydroxylation is 1. The summed E-state index contributed by atoms with van der Waals surface area (Å²) in [7, 11) is 4.13. The highest BCUT2D eigenvalue weighted by Gasteiger charge is 2.03. The average molecular weight is 240 g/mol. The Hall–Kier alpha value is -1.96. The molecule has 0 aliphatic carbocycles. The minimum Gasteiger partial charge on any atom is -0.379 e. The molecular weight excluding hydrogens is 220 g/mol. The molecule has 0 heterocycles. The molecule has 0 saturated carbocycles. The zero-order valence-electron chi connectivity index (χ0n) is 11.3. The van der Waals surface area contributed by atoms with Crippen molar-refractivity contribution < 1.29 is 0 Å². The van der Waals surface area contributed by atoms with E-state index in [1.165, 1.54) is 22.5 Å².